The Labute approximate surface area is 144 Å². The van der Waals surface area contributed by atoms with Crippen LogP contribution in [0.1, 0.15) is 47.4 Å². The second kappa shape index (κ2) is 8.88. The molecule has 3 nitrogen and oxygen atoms in total. The fourth-order valence-electron chi connectivity index (χ4n) is 2.41. The van der Waals surface area contributed by atoms with E-state index in [-0.39, 0.29) is 5.91 Å². The smallest absolute Gasteiger partial charge is 0.269 e. The van der Waals surface area contributed by atoms with Gasteiger partial charge in [-0.2, -0.15) is 0 Å². The average Bonchev–Trinajstić information content (AvgIpc) is 2.60. The van der Waals surface area contributed by atoms with Crippen molar-refractivity contribution in [1.82, 2.24) is 10.3 Å². The van der Waals surface area contributed by atoms with E-state index in [2.05, 4.69) is 42.2 Å². The standard InChI is InChI=1S/C21H24N2O/c1-4-17-7-5-8-18(13-17)9-6-10-19-11-12-20(22-15-19)21(24)23-14-16(2)3/h1,5,7-8,11-13,15-16H,6,9-10,14H2,2-3H3,(H,23,24). The maximum Gasteiger partial charge on any atom is 0.269 e. The van der Waals surface area contributed by atoms with Crippen LogP contribution in [0.4, 0.5) is 0 Å². The molecular weight excluding hydrogens is 296 g/mol. The number of carbonyl (C=O) groups excluding carboxylic acids is 1. The molecule has 124 valence electrons. The van der Waals surface area contributed by atoms with E-state index in [1.165, 1.54) is 5.56 Å². The molecule has 0 fully saturated rings. The van der Waals surface area contributed by atoms with E-state index in [1.807, 2.05) is 18.2 Å². The molecule has 0 bridgehead atoms. The van der Waals surface area contributed by atoms with Gasteiger partial charge >= 0.3 is 0 Å². The third-order valence-electron chi connectivity index (χ3n) is 3.75. The predicted octanol–water partition coefficient (Wildman–Crippen LogP) is 3.62. The predicted molar refractivity (Wildman–Crippen MR) is 97.8 cm³/mol. The Morgan fingerprint density at radius 1 is 1.21 bits per heavy atom. The lowest BCUT2D eigenvalue weighted by Gasteiger charge is -2.07. The Bertz CT molecular complexity index is 711. The van der Waals surface area contributed by atoms with Gasteiger partial charge in [-0.1, -0.05) is 38.0 Å². The lowest BCUT2D eigenvalue weighted by Crippen LogP contribution is -2.28. The van der Waals surface area contributed by atoms with Crippen molar-refractivity contribution in [3.05, 3.63) is 65.0 Å². The zero-order valence-corrected chi connectivity index (χ0v) is 14.4. The molecule has 0 aliphatic rings. The van der Waals surface area contributed by atoms with Crippen LogP contribution in [0.15, 0.2) is 42.6 Å². The lowest BCUT2D eigenvalue weighted by atomic mass is 10.0. The van der Waals surface area contributed by atoms with Gasteiger partial charge in [-0.3, -0.25) is 9.78 Å². The minimum Gasteiger partial charge on any atom is -0.350 e. The van der Waals surface area contributed by atoms with Gasteiger partial charge in [-0.15, -0.1) is 6.42 Å². The first-order chi connectivity index (χ1) is 11.6. The number of amides is 1. The molecule has 0 atom stereocenters. The zero-order valence-electron chi connectivity index (χ0n) is 14.4. The average molecular weight is 320 g/mol. The molecule has 1 aromatic carbocycles. The summed E-state index contributed by atoms with van der Waals surface area (Å²) in [5.41, 5.74) is 3.79. The number of hydrogen-bond donors (Lipinski definition) is 1. The summed E-state index contributed by atoms with van der Waals surface area (Å²) in [6.07, 6.45) is 10.2. The number of nitrogens with zero attached hydrogens (tertiary/aromatic N) is 1. The Hall–Kier alpha value is -2.60. The second-order valence-electron chi connectivity index (χ2n) is 6.35. The van der Waals surface area contributed by atoms with Gasteiger partial charge in [-0.25, -0.2) is 0 Å². The van der Waals surface area contributed by atoms with Crippen LogP contribution in [-0.4, -0.2) is 17.4 Å². The minimum atomic E-state index is -0.110. The molecule has 0 saturated heterocycles. The molecule has 0 unspecified atom stereocenters. The third-order valence-corrected chi connectivity index (χ3v) is 3.75. The van der Waals surface area contributed by atoms with Crippen molar-refractivity contribution in [2.75, 3.05) is 6.54 Å². The van der Waals surface area contributed by atoms with Gasteiger partial charge in [0, 0.05) is 18.3 Å². The summed E-state index contributed by atoms with van der Waals surface area (Å²) in [6.45, 7) is 4.80. The number of nitrogens with one attached hydrogen (secondary N) is 1. The van der Waals surface area contributed by atoms with E-state index in [0.29, 0.717) is 18.2 Å². The van der Waals surface area contributed by atoms with Crippen molar-refractivity contribution >= 4 is 5.91 Å². The molecule has 0 spiro atoms. The zero-order chi connectivity index (χ0) is 17.4. The summed E-state index contributed by atoms with van der Waals surface area (Å²) in [5, 5.41) is 2.88. The maximum absolute atomic E-state index is 11.9. The van der Waals surface area contributed by atoms with E-state index in [4.69, 9.17) is 6.42 Å². The van der Waals surface area contributed by atoms with Crippen LogP contribution in [0, 0.1) is 18.3 Å². The lowest BCUT2D eigenvalue weighted by molar-refractivity contribution is 0.0944. The van der Waals surface area contributed by atoms with Crippen LogP contribution in [-0.2, 0) is 12.8 Å². The number of rotatable bonds is 7. The monoisotopic (exact) mass is 320 g/mol. The van der Waals surface area contributed by atoms with Crippen molar-refractivity contribution < 1.29 is 4.79 Å². The summed E-state index contributed by atoms with van der Waals surface area (Å²) in [6, 6.07) is 11.9. The number of pyridine rings is 1. The van der Waals surface area contributed by atoms with Crippen molar-refractivity contribution in [3.63, 3.8) is 0 Å². The summed E-state index contributed by atoms with van der Waals surface area (Å²) in [5.74, 6) is 2.98. The summed E-state index contributed by atoms with van der Waals surface area (Å²) in [7, 11) is 0. The van der Waals surface area contributed by atoms with Crippen LogP contribution < -0.4 is 5.32 Å². The highest BCUT2D eigenvalue weighted by atomic mass is 16.1. The molecule has 1 heterocycles. The summed E-state index contributed by atoms with van der Waals surface area (Å²) in [4.78, 5) is 16.2. The van der Waals surface area contributed by atoms with Crippen LogP contribution in [0.2, 0.25) is 0 Å². The molecule has 24 heavy (non-hydrogen) atoms. The fourth-order valence-corrected chi connectivity index (χ4v) is 2.41. The minimum absolute atomic E-state index is 0.110. The molecule has 1 aromatic heterocycles. The van der Waals surface area contributed by atoms with Crippen molar-refractivity contribution in [2.24, 2.45) is 5.92 Å². The number of hydrogen-bond acceptors (Lipinski definition) is 2. The maximum atomic E-state index is 11.9. The molecule has 0 saturated carbocycles. The van der Waals surface area contributed by atoms with Gasteiger partial charge < -0.3 is 5.32 Å². The SMILES string of the molecule is C#Cc1cccc(CCCc2ccc(C(=O)NCC(C)C)nc2)c1. The van der Waals surface area contributed by atoms with Crippen LogP contribution in [0.3, 0.4) is 0 Å². The van der Waals surface area contributed by atoms with E-state index in [9.17, 15) is 4.79 Å². The Morgan fingerprint density at radius 2 is 2.00 bits per heavy atom. The number of benzene rings is 1. The highest BCUT2D eigenvalue weighted by molar-refractivity contribution is 5.92. The van der Waals surface area contributed by atoms with Gasteiger partial charge in [0.2, 0.25) is 0 Å². The normalized spacial score (nSPS) is 10.4. The molecule has 2 aromatic rings. The van der Waals surface area contributed by atoms with Gasteiger partial charge in [-0.05, 0) is 54.5 Å². The Kier molecular flexibility index (Phi) is 6.57. The van der Waals surface area contributed by atoms with Gasteiger partial charge in [0.05, 0.1) is 0 Å². The number of carbonyl (C=O) groups is 1. The molecule has 0 aliphatic heterocycles. The van der Waals surface area contributed by atoms with Gasteiger partial charge in [0.15, 0.2) is 0 Å². The van der Waals surface area contributed by atoms with E-state index >= 15 is 0 Å². The topological polar surface area (TPSA) is 42.0 Å². The molecule has 1 amide bonds. The number of aromatic nitrogens is 1. The Morgan fingerprint density at radius 3 is 2.67 bits per heavy atom. The van der Waals surface area contributed by atoms with E-state index in [0.717, 1.165) is 30.4 Å². The second-order valence-corrected chi connectivity index (χ2v) is 6.35. The highest BCUT2D eigenvalue weighted by Gasteiger charge is 2.07. The highest BCUT2D eigenvalue weighted by Crippen LogP contribution is 2.10. The van der Waals surface area contributed by atoms with Crippen molar-refractivity contribution in [1.29, 1.82) is 0 Å². The molecule has 0 aliphatic carbocycles. The summed E-state index contributed by atoms with van der Waals surface area (Å²) >= 11 is 0. The molecular formula is C21H24N2O. The summed E-state index contributed by atoms with van der Waals surface area (Å²) < 4.78 is 0. The Balaban J connectivity index is 1.83. The van der Waals surface area contributed by atoms with E-state index in [1.54, 1.807) is 12.3 Å². The largest absolute Gasteiger partial charge is 0.350 e. The van der Waals surface area contributed by atoms with Crippen LogP contribution >= 0.6 is 0 Å². The number of aryl methyl sites for hydroxylation is 2. The van der Waals surface area contributed by atoms with Gasteiger partial charge in [0.1, 0.15) is 5.69 Å². The van der Waals surface area contributed by atoms with Crippen molar-refractivity contribution in [3.8, 4) is 12.3 Å². The van der Waals surface area contributed by atoms with E-state index < -0.39 is 0 Å². The van der Waals surface area contributed by atoms with Crippen LogP contribution in [0.5, 0.6) is 0 Å². The van der Waals surface area contributed by atoms with Crippen LogP contribution in [0.25, 0.3) is 0 Å². The van der Waals surface area contributed by atoms with Crippen molar-refractivity contribution in [2.45, 2.75) is 33.1 Å². The quantitative estimate of drug-likeness (QED) is 0.792. The molecule has 3 heteroatoms. The fraction of sp³-hybridized carbons (Fsp3) is 0.333. The molecule has 1 N–H and O–H groups in total. The molecule has 2 rings (SSSR count). The number of terminal acetylenes is 1. The first-order valence-electron chi connectivity index (χ1n) is 8.37. The first kappa shape index (κ1) is 17.7. The molecule has 0 radical (unpaired) electrons. The van der Waals surface area contributed by atoms with Gasteiger partial charge in [0.25, 0.3) is 5.91 Å². The first-order valence-corrected chi connectivity index (χ1v) is 8.37. The third kappa shape index (κ3) is 5.55.